The summed E-state index contributed by atoms with van der Waals surface area (Å²) in [5, 5.41) is 4.23. The maximum Gasteiger partial charge on any atom is 0.309 e. The maximum atomic E-state index is 13.3. The Kier molecular flexibility index (Phi) is 5.16. The van der Waals surface area contributed by atoms with Crippen LogP contribution in [0.5, 0.6) is 0 Å². The summed E-state index contributed by atoms with van der Waals surface area (Å²) < 4.78 is 5.20. The zero-order valence-electron chi connectivity index (χ0n) is 19.0. The van der Waals surface area contributed by atoms with Gasteiger partial charge in [0.25, 0.3) is 5.91 Å². The van der Waals surface area contributed by atoms with Gasteiger partial charge < -0.3 is 15.0 Å². The second-order valence-electron chi connectivity index (χ2n) is 10.7. The monoisotopic (exact) mass is 455 g/mol. The standard InChI is InChI=1S/C25H33N3O3S/c1-3-31-25(30)21-18-11-28(12-19(18)21)20-5-4-17(24(26-20)32-2)23(29)27-22-15-7-13-6-14(9-15)10-16(22)8-13/h4-5,13-16,18-19,21-22H,3,6-12H2,1-2H3,(H,27,29)/t13?,14?,15?,16?,18-,19+,21?,22?. The van der Waals surface area contributed by atoms with Gasteiger partial charge in [0, 0.05) is 19.1 Å². The first-order valence-electron chi connectivity index (χ1n) is 12.3. The largest absolute Gasteiger partial charge is 0.466 e. The average Bonchev–Trinajstić information content (AvgIpc) is 3.29. The van der Waals surface area contributed by atoms with Crippen LogP contribution >= 0.6 is 11.8 Å². The van der Waals surface area contributed by atoms with Crippen molar-refractivity contribution in [3.05, 3.63) is 17.7 Å². The first-order chi connectivity index (χ1) is 15.6. The van der Waals surface area contributed by atoms with Crippen LogP contribution in [0, 0.1) is 41.4 Å². The van der Waals surface area contributed by atoms with Crippen molar-refractivity contribution in [2.24, 2.45) is 41.4 Å². The summed E-state index contributed by atoms with van der Waals surface area (Å²) in [4.78, 5) is 32.4. The van der Waals surface area contributed by atoms with Crippen molar-refractivity contribution in [3.8, 4) is 0 Å². The van der Waals surface area contributed by atoms with Gasteiger partial charge >= 0.3 is 5.97 Å². The van der Waals surface area contributed by atoms with Crippen molar-refractivity contribution in [3.63, 3.8) is 0 Å². The predicted molar refractivity (Wildman–Crippen MR) is 124 cm³/mol. The number of aromatic nitrogens is 1. The normalized spacial score (nSPS) is 38.5. The number of piperidine rings is 1. The van der Waals surface area contributed by atoms with Crippen molar-refractivity contribution in [2.45, 2.75) is 50.1 Å². The lowest BCUT2D eigenvalue weighted by Gasteiger charge is -2.54. The van der Waals surface area contributed by atoms with E-state index in [9.17, 15) is 9.59 Å². The van der Waals surface area contributed by atoms with Crippen molar-refractivity contribution in [2.75, 3.05) is 30.9 Å². The minimum absolute atomic E-state index is 0.0394. The summed E-state index contributed by atoms with van der Waals surface area (Å²) in [7, 11) is 0. The first kappa shape index (κ1) is 20.8. The number of hydrogen-bond acceptors (Lipinski definition) is 6. The van der Waals surface area contributed by atoms with Crippen molar-refractivity contribution < 1.29 is 14.3 Å². The van der Waals surface area contributed by atoms with E-state index in [0.717, 1.165) is 35.8 Å². The Balaban J connectivity index is 1.12. The predicted octanol–water partition coefficient (Wildman–Crippen LogP) is 3.60. The number of carbonyl (C=O) groups is 2. The zero-order chi connectivity index (χ0) is 22.0. The van der Waals surface area contributed by atoms with Crippen molar-refractivity contribution in [1.29, 1.82) is 0 Å². The number of pyridine rings is 1. The van der Waals surface area contributed by atoms with Crippen LogP contribution in [0.4, 0.5) is 5.82 Å². The van der Waals surface area contributed by atoms with Crippen molar-refractivity contribution in [1.82, 2.24) is 10.3 Å². The van der Waals surface area contributed by atoms with Crippen LogP contribution in [0.1, 0.15) is 49.4 Å². The smallest absolute Gasteiger partial charge is 0.309 e. The molecule has 7 rings (SSSR count). The fourth-order valence-corrected chi connectivity index (χ4v) is 8.19. The Bertz CT molecular complexity index is 897. The third-order valence-electron chi connectivity index (χ3n) is 8.88. The number of nitrogens with one attached hydrogen (secondary N) is 1. The lowest BCUT2D eigenvalue weighted by Crippen LogP contribution is -2.55. The number of hydrogen-bond donors (Lipinski definition) is 1. The molecule has 172 valence electrons. The fourth-order valence-electron chi connectivity index (χ4n) is 7.63. The summed E-state index contributed by atoms with van der Waals surface area (Å²) >= 11 is 1.54. The van der Waals surface area contributed by atoms with Gasteiger partial charge in [0.1, 0.15) is 10.8 Å². The molecule has 7 heteroatoms. The molecule has 5 saturated carbocycles. The Labute approximate surface area is 194 Å². The second-order valence-corrected chi connectivity index (χ2v) is 11.5. The van der Waals surface area contributed by atoms with Gasteiger partial charge in [0.15, 0.2) is 0 Å². The third kappa shape index (κ3) is 3.42. The van der Waals surface area contributed by atoms with Gasteiger partial charge in [-0.25, -0.2) is 4.98 Å². The van der Waals surface area contributed by atoms with Crippen LogP contribution in [-0.4, -0.2) is 48.9 Å². The highest BCUT2D eigenvalue weighted by Gasteiger charge is 2.60. The van der Waals surface area contributed by atoms with Crippen molar-refractivity contribution >= 4 is 29.5 Å². The number of thioether (sulfide) groups is 1. The molecule has 32 heavy (non-hydrogen) atoms. The van der Waals surface area contributed by atoms with E-state index in [0.29, 0.717) is 41.9 Å². The fraction of sp³-hybridized carbons (Fsp3) is 0.720. The molecule has 6 fully saturated rings. The molecule has 5 aliphatic carbocycles. The molecule has 1 amide bonds. The van der Waals surface area contributed by atoms with E-state index in [1.54, 1.807) is 0 Å². The molecule has 1 aromatic heterocycles. The van der Waals surface area contributed by atoms with E-state index in [2.05, 4.69) is 10.2 Å². The number of rotatable bonds is 6. The first-order valence-corrected chi connectivity index (χ1v) is 13.6. The minimum Gasteiger partial charge on any atom is -0.466 e. The number of carbonyl (C=O) groups excluding carboxylic acids is 2. The quantitative estimate of drug-likeness (QED) is 0.522. The summed E-state index contributed by atoms with van der Waals surface area (Å²) in [6.45, 7) is 3.99. The number of anilines is 1. The average molecular weight is 456 g/mol. The molecular formula is C25H33N3O3S. The molecule has 1 unspecified atom stereocenters. The van der Waals surface area contributed by atoms with Gasteiger partial charge in [-0.2, -0.15) is 0 Å². The van der Waals surface area contributed by atoms with E-state index in [1.807, 2.05) is 25.3 Å². The molecule has 0 spiro atoms. The number of ether oxygens (including phenoxy) is 1. The molecule has 3 atom stereocenters. The van der Waals surface area contributed by atoms with Crippen LogP contribution < -0.4 is 10.2 Å². The molecule has 1 aliphatic heterocycles. The Morgan fingerprint density at radius 3 is 2.34 bits per heavy atom. The summed E-state index contributed by atoms with van der Waals surface area (Å²) in [5.74, 6) is 4.89. The zero-order valence-corrected chi connectivity index (χ0v) is 19.8. The van der Waals surface area contributed by atoms with E-state index in [4.69, 9.17) is 9.72 Å². The number of amides is 1. The maximum absolute atomic E-state index is 13.3. The molecule has 0 aromatic carbocycles. The number of fused-ring (bicyclic) bond motifs is 1. The van der Waals surface area contributed by atoms with E-state index < -0.39 is 0 Å². The highest BCUT2D eigenvalue weighted by atomic mass is 32.2. The molecule has 1 saturated heterocycles. The van der Waals surface area contributed by atoms with Gasteiger partial charge in [-0.05, 0) is 92.9 Å². The summed E-state index contributed by atoms with van der Waals surface area (Å²) in [5.41, 5.74) is 0.698. The van der Waals surface area contributed by atoms with Gasteiger partial charge in [-0.15, -0.1) is 11.8 Å². The minimum atomic E-state index is -0.0447. The third-order valence-corrected chi connectivity index (χ3v) is 9.58. The topological polar surface area (TPSA) is 71.5 Å². The van der Waals surface area contributed by atoms with Gasteiger partial charge in [-0.1, -0.05) is 0 Å². The van der Waals surface area contributed by atoms with E-state index >= 15 is 0 Å². The van der Waals surface area contributed by atoms with Crippen LogP contribution in [0.15, 0.2) is 17.2 Å². The van der Waals surface area contributed by atoms with Crippen LogP contribution in [0.3, 0.4) is 0 Å². The molecule has 1 N–H and O–H groups in total. The Morgan fingerprint density at radius 2 is 1.75 bits per heavy atom. The number of esters is 1. The number of nitrogens with zero attached hydrogens (tertiary/aromatic N) is 2. The van der Waals surface area contributed by atoms with Crippen LogP contribution in [0.25, 0.3) is 0 Å². The molecule has 4 bridgehead atoms. The lowest BCUT2D eigenvalue weighted by atomic mass is 9.54. The second kappa shape index (κ2) is 7.93. The van der Waals surface area contributed by atoms with Gasteiger partial charge in [-0.3, -0.25) is 9.59 Å². The van der Waals surface area contributed by atoms with Gasteiger partial charge in [0.2, 0.25) is 0 Å². The summed E-state index contributed by atoms with van der Waals surface area (Å²) in [6.07, 6.45) is 8.62. The summed E-state index contributed by atoms with van der Waals surface area (Å²) in [6, 6.07) is 4.28. The highest BCUT2D eigenvalue weighted by Crippen LogP contribution is 2.54. The van der Waals surface area contributed by atoms with Crippen LogP contribution in [-0.2, 0) is 9.53 Å². The van der Waals surface area contributed by atoms with Gasteiger partial charge in [0.05, 0.1) is 18.1 Å². The molecule has 1 aromatic rings. The molecular weight excluding hydrogens is 422 g/mol. The lowest BCUT2D eigenvalue weighted by molar-refractivity contribution is -0.145. The molecule has 6 aliphatic rings. The highest BCUT2D eigenvalue weighted by molar-refractivity contribution is 7.98. The SMILES string of the molecule is CCOC(=O)C1[C@H]2CN(c3ccc(C(=O)NC4C5CC6CC(C5)CC4C6)c(SC)n3)C[C@@H]12. The Hall–Kier alpha value is -1.76. The Morgan fingerprint density at radius 1 is 1.09 bits per heavy atom. The van der Waals surface area contributed by atoms with E-state index in [1.165, 1.54) is 43.9 Å². The molecule has 6 nitrogen and oxygen atoms in total. The van der Waals surface area contributed by atoms with E-state index in [-0.39, 0.29) is 17.8 Å². The molecule has 0 radical (unpaired) electrons. The van der Waals surface area contributed by atoms with Crippen LogP contribution in [0.2, 0.25) is 0 Å². The molecule has 2 heterocycles.